The maximum absolute atomic E-state index is 14.6. The van der Waals surface area contributed by atoms with Crippen molar-refractivity contribution < 1.29 is 67.6 Å². The Morgan fingerprint density at radius 1 is 0.831 bits per heavy atom. The van der Waals surface area contributed by atoms with Crippen molar-refractivity contribution in [3.63, 3.8) is 0 Å². The van der Waals surface area contributed by atoms with Crippen LogP contribution in [0.2, 0.25) is 0 Å². The Bertz CT molecular complexity index is 3540. The minimum atomic E-state index is -1.10. The number of imidazole rings is 1. The fraction of sp³-hybridized carbons (Fsp3) is 0.397. The Balaban J connectivity index is 0.992. The minimum absolute atomic E-state index is 0.000562. The number of nitrogens with one attached hydrogen (secondary N) is 5. The second-order valence-corrected chi connectivity index (χ2v) is 22.4. The van der Waals surface area contributed by atoms with Gasteiger partial charge in [-0.1, -0.05) is 58.0 Å². The number of anilines is 3. The van der Waals surface area contributed by atoms with E-state index in [1.807, 2.05) is 25.1 Å². The molecule has 3 heterocycles. The number of ketones is 1. The Labute approximate surface area is 519 Å². The molecule has 3 atom stereocenters. The summed E-state index contributed by atoms with van der Waals surface area (Å²) in [5.41, 5.74) is 9.53. The molecule has 4 aromatic carbocycles. The summed E-state index contributed by atoms with van der Waals surface area (Å²) in [6, 6.07) is 19.8. The summed E-state index contributed by atoms with van der Waals surface area (Å²) in [6.07, 6.45) is 1.94. The number of carbonyl (C=O) groups is 9. The van der Waals surface area contributed by atoms with E-state index in [2.05, 4.69) is 31.6 Å². The van der Waals surface area contributed by atoms with Crippen molar-refractivity contribution in [1.82, 2.24) is 35.1 Å². The Hall–Kier alpha value is -9.33. The average Bonchev–Trinajstić information content (AvgIpc) is 1.67. The number of likely N-dealkylation sites (N-methyl/N-ethyl adjacent to an activating group) is 1. The normalized spacial score (nSPS) is 13.3. The first kappa shape index (κ1) is 67.2. The molecule has 89 heavy (non-hydrogen) atoms. The molecule has 0 radical (unpaired) electrons. The number of alkyl halides is 1. The van der Waals surface area contributed by atoms with E-state index in [-0.39, 0.29) is 131 Å². The third-order valence-corrected chi connectivity index (χ3v) is 15.2. The number of nitrogens with zero attached hydrogens (tertiary/aromatic N) is 5. The second kappa shape index (κ2) is 31.5. The lowest BCUT2D eigenvalue weighted by atomic mass is 9.92. The standard InChI is InChI=1S/C63H76ClN11O14/c1-37(2)50(78)21-23-53(79)71-56(38(3)4)59(82)70-47(11-8-24-66-61(65)84)58(81)67-43-16-12-40(13-17-43)36-88-62(85)72(6)25-26-73(27-29-87-30-28-76)63(86)89-51-31-49-55(54-39(5)9-7-10-46(51)54)42(32-64)33-75(49)60(83)48-35-74-34-44(18-22-52(74)69-48)68-57(80)41-14-19-45(77)20-15-41/h7,9-10,12-20,22,31,34-35,37-38,42,47,56,76-77H,8,11,21,23-30,32-33,36H2,1-6H3,(H,67,81)(H,68,80)(H,70,82)(H,71,79)(H3,65,66,84)/t42-,47+,56+/m1/s1. The van der Waals surface area contributed by atoms with Crippen molar-refractivity contribution in [3.8, 4) is 11.5 Å². The number of Topliss-reactive ketones (excluding diaryl/α,β-unsaturated/α-hetero) is 1. The van der Waals surface area contributed by atoms with Gasteiger partial charge in [0.05, 0.1) is 31.2 Å². The minimum Gasteiger partial charge on any atom is -0.508 e. The van der Waals surface area contributed by atoms with E-state index in [0.29, 0.717) is 39.2 Å². The molecule has 0 fully saturated rings. The number of ether oxygens (including phenoxy) is 3. The number of rotatable bonds is 29. The van der Waals surface area contributed by atoms with Crippen molar-refractivity contribution in [1.29, 1.82) is 0 Å². The number of hydrogen-bond donors (Lipinski definition) is 8. The summed E-state index contributed by atoms with van der Waals surface area (Å²) in [6.45, 7) is 8.70. The molecule has 0 bridgehead atoms. The molecule has 1 aliphatic heterocycles. The smallest absolute Gasteiger partial charge is 0.415 e. The molecule has 0 saturated heterocycles. The number of aromatic hydroxyl groups is 1. The molecular weight excluding hydrogens is 1170 g/mol. The average molecular weight is 1250 g/mol. The number of amides is 9. The van der Waals surface area contributed by atoms with Gasteiger partial charge in [-0.05, 0) is 96.3 Å². The number of phenolic OH excluding ortho intramolecular Hbond substituents is 1. The first-order valence-electron chi connectivity index (χ1n) is 29.2. The SMILES string of the molecule is Cc1cccc2c(OC(=O)N(CCOCCO)CCN(C)C(=O)OCc3ccc(NC(=O)[C@H](CCCNC(N)=O)NC(=O)[C@@H](NC(=O)CCC(=O)C(C)C)C(C)C)cc3)cc3c(c12)[C@H](CCl)CN3C(=O)c1cn2cc(NC(=O)c3ccc(O)cc3)ccc2n1. The van der Waals surface area contributed by atoms with Crippen LogP contribution < -0.4 is 42.0 Å². The highest BCUT2D eigenvalue weighted by atomic mass is 35.5. The van der Waals surface area contributed by atoms with Gasteiger partial charge in [0, 0.05) is 105 Å². The summed E-state index contributed by atoms with van der Waals surface area (Å²) < 4.78 is 19.0. The lowest BCUT2D eigenvalue weighted by Gasteiger charge is -2.26. The summed E-state index contributed by atoms with van der Waals surface area (Å²) >= 11 is 6.64. The molecule has 474 valence electrons. The second-order valence-electron chi connectivity index (χ2n) is 22.1. The number of carbonyl (C=O) groups excluding carboxylic acids is 9. The highest BCUT2D eigenvalue weighted by molar-refractivity contribution is 6.19. The topological polar surface area (TPSA) is 335 Å². The Morgan fingerprint density at radius 3 is 2.25 bits per heavy atom. The zero-order valence-corrected chi connectivity index (χ0v) is 51.3. The Morgan fingerprint density at radius 2 is 1.56 bits per heavy atom. The van der Waals surface area contributed by atoms with Crippen molar-refractivity contribution in [2.24, 2.45) is 17.6 Å². The third-order valence-electron chi connectivity index (χ3n) is 14.8. The number of aliphatic hydroxyl groups is 1. The Kier molecular flexibility index (Phi) is 23.8. The number of fused-ring (bicyclic) bond motifs is 4. The van der Waals surface area contributed by atoms with Crippen LogP contribution in [0, 0.1) is 18.8 Å². The van der Waals surface area contributed by atoms with E-state index in [0.717, 1.165) is 16.5 Å². The number of nitrogens with two attached hydrogens (primary N) is 1. The van der Waals surface area contributed by atoms with Gasteiger partial charge in [-0.25, -0.2) is 19.4 Å². The van der Waals surface area contributed by atoms with E-state index in [1.165, 1.54) is 41.1 Å². The number of urea groups is 1. The number of aromatic nitrogens is 2. The molecule has 0 saturated carbocycles. The maximum Gasteiger partial charge on any atom is 0.415 e. The largest absolute Gasteiger partial charge is 0.508 e. The fourth-order valence-corrected chi connectivity index (χ4v) is 10.1. The van der Waals surface area contributed by atoms with Crippen molar-refractivity contribution >= 4 is 98.6 Å². The lowest BCUT2D eigenvalue weighted by molar-refractivity contribution is -0.132. The number of primary amides is 1. The quantitative estimate of drug-likeness (QED) is 0.0176. The fourth-order valence-electron chi connectivity index (χ4n) is 9.89. The van der Waals surface area contributed by atoms with Crippen LogP contribution in [0.25, 0.3) is 16.4 Å². The summed E-state index contributed by atoms with van der Waals surface area (Å²) in [4.78, 5) is 128. The molecule has 7 rings (SSSR count). The zero-order chi connectivity index (χ0) is 64.5. The predicted octanol–water partition coefficient (Wildman–Crippen LogP) is 6.83. The van der Waals surface area contributed by atoms with Crippen LogP contribution in [0.15, 0.2) is 97.3 Å². The number of aliphatic hydroxyl groups excluding tert-OH is 1. The van der Waals surface area contributed by atoms with E-state index in [9.17, 15) is 53.4 Å². The number of aryl methyl sites for hydroxylation is 1. The lowest BCUT2D eigenvalue weighted by Crippen LogP contribution is -2.54. The van der Waals surface area contributed by atoms with Gasteiger partial charge in [0.25, 0.3) is 11.8 Å². The molecule has 9 amide bonds. The molecule has 2 aromatic heterocycles. The van der Waals surface area contributed by atoms with E-state index < -0.39 is 59.8 Å². The maximum atomic E-state index is 14.6. The van der Waals surface area contributed by atoms with Crippen LogP contribution in [0.1, 0.15) is 96.8 Å². The number of phenols is 1. The highest BCUT2D eigenvalue weighted by Crippen LogP contribution is 2.47. The van der Waals surface area contributed by atoms with Crippen LogP contribution in [0.5, 0.6) is 11.5 Å². The van der Waals surface area contributed by atoms with Gasteiger partial charge in [-0.15, -0.1) is 11.6 Å². The monoisotopic (exact) mass is 1250 g/mol. The number of hydrogen-bond acceptors (Lipinski definition) is 15. The molecule has 0 aliphatic carbocycles. The molecule has 26 heteroatoms. The van der Waals surface area contributed by atoms with Crippen LogP contribution in [-0.2, 0) is 35.3 Å². The number of halogens is 1. The van der Waals surface area contributed by atoms with Gasteiger partial charge >= 0.3 is 18.2 Å². The third kappa shape index (κ3) is 18.1. The molecule has 9 N–H and O–H groups in total. The van der Waals surface area contributed by atoms with E-state index in [1.54, 1.807) is 91.9 Å². The molecule has 0 spiro atoms. The predicted molar refractivity (Wildman–Crippen MR) is 333 cm³/mol. The molecule has 0 unspecified atom stereocenters. The highest BCUT2D eigenvalue weighted by Gasteiger charge is 2.37. The molecule has 25 nitrogen and oxygen atoms in total. The summed E-state index contributed by atoms with van der Waals surface area (Å²) in [5, 5.41) is 33.9. The molecule has 6 aromatic rings. The molecular formula is C63H76ClN11O14. The van der Waals surface area contributed by atoms with Gasteiger partial charge in [0.2, 0.25) is 17.7 Å². The number of benzene rings is 4. The first-order chi connectivity index (χ1) is 42.5. The summed E-state index contributed by atoms with van der Waals surface area (Å²) in [7, 11) is 1.49. The van der Waals surface area contributed by atoms with Crippen molar-refractivity contribution in [3.05, 3.63) is 125 Å². The van der Waals surface area contributed by atoms with Crippen molar-refractivity contribution in [2.45, 2.75) is 84.9 Å². The van der Waals surface area contributed by atoms with Crippen LogP contribution in [0.3, 0.4) is 0 Å². The van der Waals surface area contributed by atoms with E-state index >= 15 is 0 Å². The zero-order valence-electron chi connectivity index (χ0n) is 50.5. The van der Waals surface area contributed by atoms with Gasteiger partial charge in [0.15, 0.2) is 0 Å². The van der Waals surface area contributed by atoms with Crippen LogP contribution >= 0.6 is 11.6 Å². The molecule has 1 aliphatic rings. The van der Waals surface area contributed by atoms with Crippen LogP contribution in [-0.4, -0.2) is 160 Å². The van der Waals surface area contributed by atoms with Crippen molar-refractivity contribution in [2.75, 3.05) is 81.0 Å². The van der Waals surface area contributed by atoms with Gasteiger partial charge in [-0.2, -0.15) is 0 Å². The first-order valence-corrected chi connectivity index (χ1v) is 29.7. The number of pyridine rings is 1. The van der Waals surface area contributed by atoms with Gasteiger partial charge in [-0.3, -0.25) is 28.8 Å². The van der Waals surface area contributed by atoms with Crippen LogP contribution in [0.4, 0.5) is 31.4 Å². The summed E-state index contributed by atoms with van der Waals surface area (Å²) in [5.74, 6) is -3.22. The van der Waals surface area contributed by atoms with E-state index in [4.69, 9.17) is 31.5 Å². The van der Waals surface area contributed by atoms with Gasteiger partial charge < -0.3 is 75.8 Å². The van der Waals surface area contributed by atoms with Gasteiger partial charge in [0.1, 0.15) is 47.3 Å².